The van der Waals surface area contributed by atoms with E-state index in [1.165, 1.54) is 15.9 Å². The van der Waals surface area contributed by atoms with Crippen LogP contribution in [0.3, 0.4) is 0 Å². The summed E-state index contributed by atoms with van der Waals surface area (Å²) in [5.41, 5.74) is 0. The van der Waals surface area contributed by atoms with Crippen molar-refractivity contribution in [2.45, 2.75) is 0 Å². The van der Waals surface area contributed by atoms with E-state index in [-0.39, 0.29) is 0 Å². The standard InChI is InChI=1S/C22H20Br2ClP/c23-18-19(25)16-17-26(24,20-10-4-1-5-11-20,21-12-6-2-7-13-21)22-14-8-3-9-15-22/h1-16H,17-18H2. The van der Waals surface area contributed by atoms with Crippen LogP contribution in [0.2, 0.25) is 0 Å². The number of alkyl halides is 1. The molecular weight excluding hydrogens is 490 g/mol. The Kier molecular flexibility index (Phi) is 6.41. The third-order valence-corrected chi connectivity index (χ3v) is 15.4. The molecule has 0 nitrogen and oxygen atoms in total. The Labute approximate surface area is 177 Å². The summed E-state index contributed by atoms with van der Waals surface area (Å²) in [6.45, 7) is 0. The van der Waals surface area contributed by atoms with Crippen molar-refractivity contribution in [2.75, 3.05) is 11.5 Å². The van der Waals surface area contributed by atoms with Crippen LogP contribution in [0.15, 0.2) is 102 Å². The topological polar surface area (TPSA) is 0 Å². The van der Waals surface area contributed by atoms with Gasteiger partial charge >= 0.3 is 178 Å². The fourth-order valence-corrected chi connectivity index (χ4v) is 10.8. The minimum atomic E-state index is -2.88. The third kappa shape index (κ3) is 3.58. The maximum absolute atomic E-state index is 6.41. The van der Waals surface area contributed by atoms with Gasteiger partial charge in [0.05, 0.1) is 0 Å². The van der Waals surface area contributed by atoms with Crippen LogP contribution in [0.4, 0.5) is 0 Å². The summed E-state index contributed by atoms with van der Waals surface area (Å²) >= 11 is 14.3. The Bertz CT molecular complexity index is 780. The van der Waals surface area contributed by atoms with Crippen molar-refractivity contribution in [3.05, 3.63) is 102 Å². The molecule has 0 radical (unpaired) electrons. The number of allylic oxidation sites excluding steroid dienone is 2. The molecule has 0 saturated carbocycles. The van der Waals surface area contributed by atoms with Crippen molar-refractivity contribution in [1.29, 1.82) is 0 Å². The van der Waals surface area contributed by atoms with Crippen molar-refractivity contribution in [3.63, 3.8) is 0 Å². The van der Waals surface area contributed by atoms with Gasteiger partial charge in [0, 0.05) is 0 Å². The van der Waals surface area contributed by atoms with Crippen molar-refractivity contribution in [3.8, 4) is 0 Å². The van der Waals surface area contributed by atoms with E-state index >= 15 is 0 Å². The number of benzene rings is 3. The summed E-state index contributed by atoms with van der Waals surface area (Å²) in [6, 6.07) is 32.2. The summed E-state index contributed by atoms with van der Waals surface area (Å²) in [4.78, 5) is 0. The van der Waals surface area contributed by atoms with E-state index in [9.17, 15) is 0 Å². The summed E-state index contributed by atoms with van der Waals surface area (Å²) < 4.78 is 0. The van der Waals surface area contributed by atoms with Crippen molar-refractivity contribution in [2.24, 2.45) is 0 Å². The third-order valence-electron chi connectivity index (χ3n) is 4.67. The monoisotopic (exact) mass is 508 g/mol. The van der Waals surface area contributed by atoms with E-state index in [0.29, 0.717) is 5.33 Å². The molecule has 3 aromatic carbocycles. The van der Waals surface area contributed by atoms with Crippen LogP contribution in [-0.2, 0) is 0 Å². The van der Waals surface area contributed by atoms with Gasteiger partial charge in [-0.15, -0.1) is 0 Å². The minimum absolute atomic E-state index is 0.659. The Morgan fingerprint density at radius 3 is 1.38 bits per heavy atom. The van der Waals surface area contributed by atoms with Crippen LogP contribution < -0.4 is 15.9 Å². The molecule has 4 heteroatoms. The van der Waals surface area contributed by atoms with Gasteiger partial charge in [0.1, 0.15) is 0 Å². The SMILES string of the molecule is ClC(=CCP(Br)(c1ccccc1)(c1ccccc1)c1ccccc1)CBr. The van der Waals surface area contributed by atoms with Gasteiger partial charge in [0.15, 0.2) is 0 Å². The first-order chi connectivity index (χ1) is 12.6. The molecule has 0 amide bonds. The number of halogens is 3. The molecule has 3 aromatic rings. The van der Waals surface area contributed by atoms with Crippen LogP contribution >= 0.6 is 48.3 Å². The van der Waals surface area contributed by atoms with Crippen molar-refractivity contribution >= 4 is 64.2 Å². The summed E-state index contributed by atoms with van der Waals surface area (Å²) in [5.74, 6) is 0. The van der Waals surface area contributed by atoms with Crippen molar-refractivity contribution in [1.82, 2.24) is 0 Å². The van der Waals surface area contributed by atoms with E-state index in [2.05, 4.69) is 128 Å². The molecule has 0 aliphatic heterocycles. The number of hydrogen-bond donors (Lipinski definition) is 0. The molecule has 0 N–H and O–H groups in total. The quantitative estimate of drug-likeness (QED) is 0.268. The van der Waals surface area contributed by atoms with Gasteiger partial charge < -0.3 is 0 Å². The van der Waals surface area contributed by atoms with Gasteiger partial charge in [0.2, 0.25) is 0 Å². The molecule has 0 heterocycles. The average molecular weight is 511 g/mol. The van der Waals surface area contributed by atoms with Crippen molar-refractivity contribution < 1.29 is 0 Å². The zero-order chi connectivity index (χ0) is 18.5. The van der Waals surface area contributed by atoms with E-state index in [1.807, 2.05) is 0 Å². The first-order valence-electron chi connectivity index (χ1n) is 8.39. The van der Waals surface area contributed by atoms with Gasteiger partial charge in [-0.1, -0.05) is 0 Å². The molecule has 0 aromatic heterocycles. The molecule has 0 spiro atoms. The molecule has 134 valence electrons. The predicted molar refractivity (Wildman–Crippen MR) is 127 cm³/mol. The van der Waals surface area contributed by atoms with Gasteiger partial charge in [-0.05, 0) is 0 Å². The first-order valence-corrected chi connectivity index (χ1v) is 14.3. The molecule has 3 rings (SSSR count). The van der Waals surface area contributed by atoms with E-state index in [0.717, 1.165) is 11.2 Å². The predicted octanol–water partition coefficient (Wildman–Crippen LogP) is 6.34. The number of hydrogen-bond acceptors (Lipinski definition) is 0. The van der Waals surface area contributed by atoms with Gasteiger partial charge in [-0.25, -0.2) is 0 Å². The molecule has 0 unspecified atom stereocenters. The molecule has 0 aliphatic rings. The second-order valence-electron chi connectivity index (χ2n) is 6.16. The molecule has 0 aliphatic carbocycles. The maximum atomic E-state index is 6.41. The normalized spacial score (nSPS) is 13.8. The van der Waals surface area contributed by atoms with Crippen LogP contribution in [0.1, 0.15) is 0 Å². The van der Waals surface area contributed by atoms with Gasteiger partial charge in [-0.2, -0.15) is 0 Å². The fraction of sp³-hybridized carbons (Fsp3) is 0.0909. The van der Waals surface area contributed by atoms with Crippen LogP contribution in [0.5, 0.6) is 0 Å². The summed E-state index contributed by atoms with van der Waals surface area (Å²) in [7, 11) is 0. The zero-order valence-corrected chi connectivity index (χ0v) is 19.1. The number of rotatable bonds is 6. The fourth-order valence-electron chi connectivity index (χ4n) is 3.30. The Morgan fingerprint density at radius 2 is 1.08 bits per heavy atom. The van der Waals surface area contributed by atoms with Crippen LogP contribution in [0, 0.1) is 0 Å². The Morgan fingerprint density at radius 1 is 0.731 bits per heavy atom. The molecule has 0 bridgehead atoms. The zero-order valence-electron chi connectivity index (χ0n) is 14.2. The summed E-state index contributed by atoms with van der Waals surface area (Å²) in [6.07, 6.45) is 2.96. The van der Waals surface area contributed by atoms with E-state index in [4.69, 9.17) is 11.6 Å². The summed E-state index contributed by atoms with van der Waals surface area (Å²) in [5, 5.41) is 2.49. The Hall–Kier alpha value is -0.920. The van der Waals surface area contributed by atoms with Crippen LogP contribution in [0.25, 0.3) is 0 Å². The second kappa shape index (κ2) is 8.40. The van der Waals surface area contributed by atoms with E-state index < -0.39 is 5.31 Å². The van der Waals surface area contributed by atoms with Gasteiger partial charge in [0.25, 0.3) is 0 Å². The second-order valence-corrected chi connectivity index (χ2v) is 16.2. The molecule has 0 atom stereocenters. The average Bonchev–Trinajstić information content (AvgIpc) is 2.74. The molecule has 0 saturated heterocycles. The molecule has 0 fully saturated rings. The Balaban J connectivity index is 2.39. The van der Waals surface area contributed by atoms with Crippen LogP contribution in [-0.4, -0.2) is 11.5 Å². The molecule has 26 heavy (non-hydrogen) atoms. The molecular formula is C22H20Br2ClP. The van der Waals surface area contributed by atoms with E-state index in [1.54, 1.807) is 0 Å². The first kappa shape index (κ1) is 19.8. The van der Waals surface area contributed by atoms with Gasteiger partial charge in [-0.3, -0.25) is 0 Å².